The van der Waals surface area contributed by atoms with Gasteiger partial charge < -0.3 is 15.8 Å². The lowest BCUT2D eigenvalue weighted by atomic mass is 9.86. The first-order chi connectivity index (χ1) is 9.96. The Morgan fingerprint density at radius 2 is 2.10 bits per heavy atom. The van der Waals surface area contributed by atoms with Gasteiger partial charge in [0.25, 0.3) is 5.91 Å². The van der Waals surface area contributed by atoms with Crippen LogP contribution < -0.4 is 11.1 Å². The van der Waals surface area contributed by atoms with E-state index in [4.69, 9.17) is 15.7 Å². The van der Waals surface area contributed by atoms with Crippen LogP contribution in [0.1, 0.15) is 32.3 Å². The van der Waals surface area contributed by atoms with Crippen LogP contribution in [0.3, 0.4) is 0 Å². The number of amides is 1. The zero-order valence-electron chi connectivity index (χ0n) is 12.4. The molecule has 1 aromatic rings. The fourth-order valence-corrected chi connectivity index (χ4v) is 2.33. The minimum Gasteiger partial charge on any atom is -0.364 e. The van der Waals surface area contributed by atoms with Crippen molar-refractivity contribution in [2.75, 3.05) is 11.9 Å². The van der Waals surface area contributed by atoms with Crippen LogP contribution in [-0.4, -0.2) is 24.7 Å². The van der Waals surface area contributed by atoms with E-state index in [1.807, 2.05) is 38.1 Å². The van der Waals surface area contributed by atoms with E-state index in [9.17, 15) is 4.79 Å². The number of hydrogen-bond acceptors (Lipinski definition) is 4. The molecule has 2 unspecified atom stereocenters. The molecule has 0 aliphatic carbocycles. The second kappa shape index (κ2) is 6.25. The van der Waals surface area contributed by atoms with E-state index in [-0.39, 0.29) is 12.0 Å². The molecule has 5 nitrogen and oxygen atoms in total. The lowest BCUT2D eigenvalue weighted by Gasteiger charge is -2.17. The molecule has 2 atom stereocenters. The lowest BCUT2D eigenvalue weighted by Crippen LogP contribution is -2.29. The summed E-state index contributed by atoms with van der Waals surface area (Å²) in [5, 5.41) is 11.9. The molecule has 1 aliphatic heterocycles. The summed E-state index contributed by atoms with van der Waals surface area (Å²) in [7, 11) is 0. The van der Waals surface area contributed by atoms with E-state index < -0.39 is 11.5 Å². The third-order valence-corrected chi connectivity index (χ3v) is 3.82. The first-order valence-corrected chi connectivity index (χ1v) is 7.14. The van der Waals surface area contributed by atoms with Crippen LogP contribution in [-0.2, 0) is 14.9 Å². The quantitative estimate of drug-likeness (QED) is 0.885. The Morgan fingerprint density at radius 3 is 2.62 bits per heavy atom. The molecule has 1 saturated heterocycles. The number of hydrogen-bond donors (Lipinski definition) is 2. The van der Waals surface area contributed by atoms with E-state index in [0.717, 1.165) is 12.0 Å². The van der Waals surface area contributed by atoms with Crippen molar-refractivity contribution < 1.29 is 9.53 Å². The van der Waals surface area contributed by atoms with Gasteiger partial charge >= 0.3 is 0 Å². The molecule has 0 spiro atoms. The van der Waals surface area contributed by atoms with Crippen LogP contribution in [0, 0.1) is 11.3 Å². The Kier molecular flexibility index (Phi) is 4.61. The normalized spacial score (nSPS) is 21.8. The second-order valence-corrected chi connectivity index (χ2v) is 5.86. The monoisotopic (exact) mass is 287 g/mol. The van der Waals surface area contributed by atoms with Crippen molar-refractivity contribution in [3.63, 3.8) is 0 Å². The van der Waals surface area contributed by atoms with Crippen LogP contribution in [0.5, 0.6) is 0 Å². The number of ether oxygens (including phenoxy) is 1. The molecule has 1 amide bonds. The fraction of sp³-hybridized carbons (Fsp3) is 0.500. The third-order valence-electron chi connectivity index (χ3n) is 3.82. The zero-order valence-corrected chi connectivity index (χ0v) is 12.4. The van der Waals surface area contributed by atoms with Gasteiger partial charge in [0.15, 0.2) is 0 Å². The Balaban J connectivity index is 1.98. The van der Waals surface area contributed by atoms with Crippen molar-refractivity contribution in [3.05, 3.63) is 29.8 Å². The summed E-state index contributed by atoms with van der Waals surface area (Å²) in [5.41, 5.74) is 6.63. The van der Waals surface area contributed by atoms with Crippen molar-refractivity contribution in [1.29, 1.82) is 5.26 Å². The fourth-order valence-electron chi connectivity index (χ4n) is 2.33. The van der Waals surface area contributed by atoms with Gasteiger partial charge in [0, 0.05) is 12.2 Å². The van der Waals surface area contributed by atoms with Crippen LogP contribution in [0.4, 0.5) is 5.69 Å². The minimum atomic E-state index is -0.536. The molecule has 21 heavy (non-hydrogen) atoms. The summed E-state index contributed by atoms with van der Waals surface area (Å²) in [6.45, 7) is 4.17. The smallest absolute Gasteiger partial charge is 0.253 e. The summed E-state index contributed by atoms with van der Waals surface area (Å²) >= 11 is 0. The van der Waals surface area contributed by atoms with Crippen LogP contribution in [0.15, 0.2) is 24.3 Å². The number of nitrogens with one attached hydrogen (secondary N) is 1. The molecule has 0 radical (unpaired) electrons. The molecule has 5 heteroatoms. The highest BCUT2D eigenvalue weighted by Gasteiger charge is 2.29. The lowest BCUT2D eigenvalue weighted by molar-refractivity contribution is -0.126. The zero-order chi connectivity index (χ0) is 15.5. The highest BCUT2D eigenvalue weighted by atomic mass is 16.5. The predicted molar refractivity (Wildman–Crippen MR) is 80.7 cm³/mol. The first kappa shape index (κ1) is 15.5. The molecule has 2 rings (SSSR count). The van der Waals surface area contributed by atoms with Crippen molar-refractivity contribution >= 4 is 11.6 Å². The maximum Gasteiger partial charge on any atom is 0.253 e. The molecule has 0 saturated carbocycles. The number of benzene rings is 1. The number of nitrogens with two attached hydrogens (primary N) is 1. The van der Waals surface area contributed by atoms with Gasteiger partial charge in [-0.3, -0.25) is 4.79 Å². The molecule has 3 N–H and O–H groups in total. The van der Waals surface area contributed by atoms with Crippen molar-refractivity contribution in [2.45, 2.75) is 44.3 Å². The topological polar surface area (TPSA) is 88.1 Å². The summed E-state index contributed by atoms with van der Waals surface area (Å²) in [4.78, 5) is 12.1. The number of carbonyl (C=O) groups excluding carboxylic acids is 1. The number of rotatable bonds is 4. The number of nitriles is 1. The van der Waals surface area contributed by atoms with E-state index in [1.165, 1.54) is 0 Å². The summed E-state index contributed by atoms with van der Waals surface area (Å²) in [6.07, 6.45) is 1.09. The standard InChI is InChI=1S/C16H21N3O2/c1-16(2,10-18)11-3-5-12(6-4-11)19-15(20)14-8-7-13(9-17)21-14/h3-6,13-14H,7-9,17H2,1-2H3,(H,19,20). The van der Waals surface area contributed by atoms with Gasteiger partial charge in [0.2, 0.25) is 0 Å². The average molecular weight is 287 g/mol. The van der Waals surface area contributed by atoms with E-state index in [0.29, 0.717) is 18.7 Å². The summed E-state index contributed by atoms with van der Waals surface area (Å²) in [6, 6.07) is 9.59. The van der Waals surface area contributed by atoms with Crippen molar-refractivity contribution in [1.82, 2.24) is 0 Å². The Labute approximate surface area is 125 Å². The predicted octanol–water partition coefficient (Wildman–Crippen LogP) is 1.93. The first-order valence-electron chi connectivity index (χ1n) is 7.14. The Hall–Kier alpha value is -1.90. The molecule has 1 aliphatic rings. The number of carbonyl (C=O) groups is 1. The number of anilines is 1. The largest absolute Gasteiger partial charge is 0.364 e. The van der Waals surface area contributed by atoms with Gasteiger partial charge in [0.1, 0.15) is 6.10 Å². The molecule has 1 heterocycles. The highest BCUT2D eigenvalue weighted by molar-refractivity contribution is 5.94. The summed E-state index contributed by atoms with van der Waals surface area (Å²) in [5.74, 6) is -0.141. The van der Waals surface area contributed by atoms with E-state index in [1.54, 1.807) is 0 Å². The maximum absolute atomic E-state index is 12.1. The molecular weight excluding hydrogens is 266 g/mol. The molecule has 1 fully saturated rings. The van der Waals surface area contributed by atoms with Crippen LogP contribution in [0.2, 0.25) is 0 Å². The average Bonchev–Trinajstić information content (AvgIpc) is 2.97. The van der Waals surface area contributed by atoms with Crippen LogP contribution >= 0.6 is 0 Å². The van der Waals surface area contributed by atoms with E-state index in [2.05, 4.69) is 11.4 Å². The van der Waals surface area contributed by atoms with Gasteiger partial charge in [-0.15, -0.1) is 0 Å². The summed E-state index contributed by atoms with van der Waals surface area (Å²) < 4.78 is 5.56. The molecule has 112 valence electrons. The highest BCUT2D eigenvalue weighted by Crippen LogP contribution is 2.24. The SMILES string of the molecule is CC(C)(C#N)c1ccc(NC(=O)C2CCC(CN)O2)cc1. The minimum absolute atomic E-state index is 0.0143. The Morgan fingerprint density at radius 1 is 1.43 bits per heavy atom. The van der Waals surface area contributed by atoms with Crippen molar-refractivity contribution in [3.8, 4) is 6.07 Å². The van der Waals surface area contributed by atoms with Crippen LogP contribution in [0.25, 0.3) is 0 Å². The Bertz CT molecular complexity index is 546. The molecule has 0 aromatic heterocycles. The molecular formula is C16H21N3O2. The second-order valence-electron chi connectivity index (χ2n) is 5.86. The van der Waals surface area contributed by atoms with Gasteiger partial charge in [-0.2, -0.15) is 5.26 Å². The molecule has 0 bridgehead atoms. The van der Waals surface area contributed by atoms with Gasteiger partial charge in [0.05, 0.1) is 17.6 Å². The number of nitrogens with zero attached hydrogens (tertiary/aromatic N) is 1. The van der Waals surface area contributed by atoms with Gasteiger partial charge in [-0.05, 0) is 44.4 Å². The van der Waals surface area contributed by atoms with Gasteiger partial charge in [-0.1, -0.05) is 12.1 Å². The third kappa shape index (κ3) is 3.60. The van der Waals surface area contributed by atoms with Gasteiger partial charge in [-0.25, -0.2) is 0 Å². The maximum atomic E-state index is 12.1. The molecule has 1 aromatic carbocycles. The van der Waals surface area contributed by atoms with Crippen molar-refractivity contribution in [2.24, 2.45) is 5.73 Å². The van der Waals surface area contributed by atoms with E-state index >= 15 is 0 Å².